The van der Waals surface area contributed by atoms with Crippen molar-refractivity contribution in [2.75, 3.05) is 14.2 Å². The molecule has 124 valence electrons. The number of hydrogen-bond donors (Lipinski definition) is 0. The van der Waals surface area contributed by atoms with Gasteiger partial charge in [-0.05, 0) is 12.1 Å². The smallest absolute Gasteiger partial charge is 0.444 e. The molecule has 0 atom stereocenters. The van der Waals surface area contributed by atoms with E-state index in [-0.39, 0.29) is 17.5 Å². The summed E-state index contributed by atoms with van der Waals surface area (Å²) in [5.41, 5.74) is -0.0377. The number of nitrogens with zero attached hydrogens (tertiary/aromatic N) is 2. The minimum Gasteiger partial charge on any atom is -0.496 e. The molecule has 1 heterocycles. The number of ether oxygens (including phenoxy) is 3. The van der Waals surface area contributed by atoms with E-state index in [1.165, 1.54) is 32.4 Å². The largest absolute Gasteiger partial charge is 0.496 e. The van der Waals surface area contributed by atoms with Crippen LogP contribution in [0.15, 0.2) is 51.7 Å². The van der Waals surface area contributed by atoms with E-state index in [4.69, 9.17) is 18.6 Å². The lowest BCUT2D eigenvalue weighted by Gasteiger charge is -2.07. The van der Waals surface area contributed by atoms with E-state index in [1.54, 1.807) is 24.3 Å². The molecule has 3 rings (SSSR count). The fourth-order valence-electron chi connectivity index (χ4n) is 2.02. The Bertz CT molecular complexity index is 897. The van der Waals surface area contributed by atoms with Crippen molar-refractivity contribution in [3.05, 3.63) is 58.8 Å². The van der Waals surface area contributed by atoms with Gasteiger partial charge >= 0.3 is 11.8 Å². The summed E-state index contributed by atoms with van der Waals surface area (Å²) in [6.07, 6.45) is -0.335. The molecule has 0 N–H and O–H groups in total. The molecular formula is C16H13FN2O5. The zero-order chi connectivity index (χ0) is 17.1. The molecule has 0 aliphatic rings. The number of methoxy groups -OCH3 is 2. The molecule has 0 saturated carbocycles. The molecule has 0 unspecified atom stereocenters. The molecular weight excluding hydrogens is 319 g/mol. The quantitative estimate of drug-likeness (QED) is 0.715. The molecule has 0 amide bonds. The highest BCUT2D eigenvalue weighted by molar-refractivity contribution is 5.42. The van der Waals surface area contributed by atoms with Crippen molar-refractivity contribution < 1.29 is 23.0 Å². The first-order chi connectivity index (χ1) is 11.6. The van der Waals surface area contributed by atoms with Gasteiger partial charge in [0.2, 0.25) is 0 Å². The van der Waals surface area contributed by atoms with Gasteiger partial charge in [0.15, 0.2) is 0 Å². The van der Waals surface area contributed by atoms with Crippen LogP contribution in [-0.4, -0.2) is 24.0 Å². The second-order valence-corrected chi connectivity index (χ2v) is 4.65. The second-order valence-electron chi connectivity index (χ2n) is 4.65. The zero-order valence-electron chi connectivity index (χ0n) is 12.9. The van der Waals surface area contributed by atoms with Gasteiger partial charge in [-0.2, -0.15) is 4.68 Å². The summed E-state index contributed by atoms with van der Waals surface area (Å²) in [5.74, 6) is -0.221. The van der Waals surface area contributed by atoms with Crippen molar-refractivity contribution in [2.45, 2.75) is 0 Å². The molecule has 8 heteroatoms. The van der Waals surface area contributed by atoms with Crippen LogP contribution in [0.1, 0.15) is 0 Å². The predicted molar refractivity (Wildman–Crippen MR) is 81.7 cm³/mol. The second kappa shape index (κ2) is 6.45. The van der Waals surface area contributed by atoms with Crippen LogP contribution in [0.3, 0.4) is 0 Å². The van der Waals surface area contributed by atoms with Gasteiger partial charge in [-0.15, -0.1) is 0 Å². The minimum absolute atomic E-state index is 0.0377. The van der Waals surface area contributed by atoms with Crippen LogP contribution in [0.25, 0.3) is 5.69 Å². The highest BCUT2D eigenvalue weighted by Gasteiger charge is 2.15. The third-order valence-corrected chi connectivity index (χ3v) is 3.14. The minimum atomic E-state index is -0.870. The maximum absolute atomic E-state index is 13.8. The molecule has 24 heavy (non-hydrogen) atoms. The Morgan fingerprint density at radius 3 is 2.29 bits per heavy atom. The van der Waals surface area contributed by atoms with Gasteiger partial charge in [0.25, 0.3) is 0 Å². The number of benzene rings is 2. The summed E-state index contributed by atoms with van der Waals surface area (Å²) >= 11 is 0. The summed E-state index contributed by atoms with van der Waals surface area (Å²) in [5, 5.41) is 3.84. The van der Waals surface area contributed by atoms with E-state index in [0.29, 0.717) is 11.5 Å². The monoisotopic (exact) mass is 332 g/mol. The Morgan fingerprint density at radius 1 is 1.04 bits per heavy atom. The van der Waals surface area contributed by atoms with Crippen molar-refractivity contribution in [3.8, 4) is 29.0 Å². The fourth-order valence-corrected chi connectivity index (χ4v) is 2.02. The third-order valence-electron chi connectivity index (χ3n) is 3.14. The van der Waals surface area contributed by atoms with E-state index in [9.17, 15) is 9.18 Å². The fraction of sp³-hybridized carbons (Fsp3) is 0.125. The van der Waals surface area contributed by atoms with Crippen molar-refractivity contribution in [2.24, 2.45) is 0 Å². The number of aromatic nitrogens is 2. The Kier molecular flexibility index (Phi) is 4.19. The SMILES string of the molecule is COc1cc(OC)cc(Oc2nn(-c3ccccc3F)c(=O)o2)c1. The highest BCUT2D eigenvalue weighted by Crippen LogP contribution is 2.30. The molecule has 0 radical (unpaired) electrons. The Balaban J connectivity index is 1.94. The Hall–Kier alpha value is -3.29. The van der Waals surface area contributed by atoms with E-state index >= 15 is 0 Å². The average molecular weight is 332 g/mol. The van der Waals surface area contributed by atoms with E-state index < -0.39 is 11.6 Å². The molecule has 2 aromatic carbocycles. The van der Waals surface area contributed by atoms with Crippen molar-refractivity contribution >= 4 is 0 Å². The van der Waals surface area contributed by atoms with Crippen LogP contribution in [0.4, 0.5) is 4.39 Å². The Morgan fingerprint density at radius 2 is 1.67 bits per heavy atom. The summed E-state index contributed by atoms with van der Waals surface area (Å²) in [4.78, 5) is 11.9. The van der Waals surface area contributed by atoms with E-state index in [2.05, 4.69) is 5.10 Å². The van der Waals surface area contributed by atoms with Crippen LogP contribution in [0.5, 0.6) is 23.3 Å². The summed E-state index contributed by atoms with van der Waals surface area (Å²) < 4.78 is 35.1. The van der Waals surface area contributed by atoms with Gasteiger partial charge < -0.3 is 18.6 Å². The molecule has 3 aromatic rings. The zero-order valence-corrected chi connectivity index (χ0v) is 12.9. The maximum atomic E-state index is 13.8. The lowest BCUT2D eigenvalue weighted by Crippen LogP contribution is -2.14. The topological polar surface area (TPSA) is 75.7 Å². The van der Waals surface area contributed by atoms with Crippen molar-refractivity contribution in [1.82, 2.24) is 9.78 Å². The first kappa shape index (κ1) is 15.6. The van der Waals surface area contributed by atoms with E-state index in [0.717, 1.165) is 4.68 Å². The molecule has 0 bridgehead atoms. The molecule has 0 aliphatic carbocycles. The standard InChI is InChI=1S/C16H13FN2O5/c1-21-10-7-11(22-2)9-12(8-10)23-15-18-19(16(20)24-15)14-6-4-3-5-13(14)17/h3-9H,1-2H3. The predicted octanol–water partition coefficient (Wildman–Crippen LogP) is 2.77. The lowest BCUT2D eigenvalue weighted by molar-refractivity contribution is 0.315. The number of halogens is 1. The Labute approximate surface area is 135 Å². The van der Waals surface area contributed by atoms with Gasteiger partial charge in [-0.25, -0.2) is 9.18 Å². The van der Waals surface area contributed by atoms with Crippen molar-refractivity contribution in [3.63, 3.8) is 0 Å². The molecule has 7 nitrogen and oxygen atoms in total. The van der Waals surface area contributed by atoms with E-state index in [1.807, 2.05) is 0 Å². The van der Waals surface area contributed by atoms with Gasteiger partial charge in [-0.1, -0.05) is 17.2 Å². The lowest BCUT2D eigenvalue weighted by atomic mass is 10.3. The molecule has 0 fully saturated rings. The first-order valence-electron chi connectivity index (χ1n) is 6.86. The highest BCUT2D eigenvalue weighted by atomic mass is 19.1. The van der Waals surface area contributed by atoms with Crippen LogP contribution in [0.2, 0.25) is 0 Å². The van der Waals surface area contributed by atoms with Gasteiger partial charge in [0, 0.05) is 18.2 Å². The molecule has 0 aliphatic heterocycles. The summed E-state index contributed by atoms with van der Waals surface area (Å²) in [6.45, 7) is 0. The molecule has 0 saturated heterocycles. The normalized spacial score (nSPS) is 10.5. The third kappa shape index (κ3) is 3.07. The summed E-state index contributed by atoms with van der Waals surface area (Å²) in [7, 11) is 2.98. The number of para-hydroxylation sites is 1. The van der Waals surface area contributed by atoms with Crippen LogP contribution in [-0.2, 0) is 0 Å². The summed E-state index contributed by atoms with van der Waals surface area (Å²) in [6, 6.07) is 10.5. The van der Waals surface area contributed by atoms with Crippen LogP contribution >= 0.6 is 0 Å². The molecule has 1 aromatic heterocycles. The average Bonchev–Trinajstić information content (AvgIpc) is 2.95. The number of hydrogen-bond acceptors (Lipinski definition) is 6. The molecule has 0 spiro atoms. The van der Waals surface area contributed by atoms with Crippen LogP contribution < -0.4 is 20.0 Å². The van der Waals surface area contributed by atoms with Gasteiger partial charge in [0.1, 0.15) is 28.8 Å². The van der Waals surface area contributed by atoms with Gasteiger partial charge in [-0.3, -0.25) is 0 Å². The van der Waals surface area contributed by atoms with Gasteiger partial charge in [0.05, 0.1) is 14.2 Å². The number of rotatable bonds is 5. The van der Waals surface area contributed by atoms with Crippen molar-refractivity contribution in [1.29, 1.82) is 0 Å². The first-order valence-corrected chi connectivity index (χ1v) is 6.86. The van der Waals surface area contributed by atoms with Crippen LogP contribution in [0, 0.1) is 5.82 Å². The maximum Gasteiger partial charge on any atom is 0.444 e.